The Labute approximate surface area is 216 Å². The van der Waals surface area contributed by atoms with E-state index in [-0.39, 0.29) is 57.5 Å². The molecule has 0 aliphatic heterocycles. The molecule has 0 saturated heterocycles. The minimum Gasteiger partial charge on any atom is -0.469 e. The monoisotopic (exact) mass is 493 g/mol. The van der Waals surface area contributed by atoms with Crippen molar-refractivity contribution in [1.82, 2.24) is 0 Å². The van der Waals surface area contributed by atoms with Gasteiger partial charge >= 0.3 is 5.97 Å². The summed E-state index contributed by atoms with van der Waals surface area (Å²) in [6.45, 7) is 13.3. The summed E-state index contributed by atoms with van der Waals surface area (Å²) in [5.74, 6) is -0.553. The largest absolute Gasteiger partial charge is 0.469 e. The number of hydrogen-bond acceptors (Lipinski definition) is 5. The third kappa shape index (κ3) is 3.02. The summed E-state index contributed by atoms with van der Waals surface area (Å²) in [5.41, 5.74) is -0.0217. The van der Waals surface area contributed by atoms with Crippen molar-refractivity contribution in [3.05, 3.63) is 11.6 Å². The van der Waals surface area contributed by atoms with Gasteiger partial charge in [-0.05, 0) is 90.9 Å². The number of rotatable bonds is 1. The van der Waals surface area contributed by atoms with Crippen LogP contribution in [0.1, 0.15) is 92.9 Å². The van der Waals surface area contributed by atoms with Gasteiger partial charge in [0.2, 0.25) is 0 Å². The fraction of sp³-hybridized carbons (Fsp3) is 0.806. The SMILES string of the molecule is COC(=O)[C@H]1CC[C@]2(C)CC[C@]3(C)C(=CC(=O)C4[C@@]5(C)CC(C#N)C(=O)C(C)(C)[C@@H]5CC[C@]43C)[C@@H]2C1. The molecule has 196 valence electrons. The van der Waals surface area contributed by atoms with Gasteiger partial charge in [0.25, 0.3) is 0 Å². The fourth-order valence-electron chi connectivity index (χ4n) is 10.5. The molecule has 4 saturated carbocycles. The lowest BCUT2D eigenvalue weighted by Crippen LogP contribution is -2.67. The second-order valence-electron chi connectivity index (χ2n) is 14.5. The Hall–Kier alpha value is -1.96. The van der Waals surface area contributed by atoms with Crippen molar-refractivity contribution in [2.75, 3.05) is 7.11 Å². The maximum atomic E-state index is 14.3. The average Bonchev–Trinajstić information content (AvgIpc) is 2.82. The van der Waals surface area contributed by atoms with Gasteiger partial charge in [0.15, 0.2) is 11.6 Å². The number of hydrogen-bond donors (Lipinski definition) is 0. The number of fused-ring (bicyclic) bond motifs is 7. The van der Waals surface area contributed by atoms with Crippen LogP contribution < -0.4 is 0 Å². The van der Waals surface area contributed by atoms with Gasteiger partial charge in [-0.15, -0.1) is 0 Å². The molecule has 36 heavy (non-hydrogen) atoms. The Morgan fingerprint density at radius 1 is 1.03 bits per heavy atom. The van der Waals surface area contributed by atoms with E-state index in [2.05, 4.69) is 33.8 Å². The van der Waals surface area contributed by atoms with Crippen LogP contribution in [0.4, 0.5) is 0 Å². The first-order valence-corrected chi connectivity index (χ1v) is 14.0. The van der Waals surface area contributed by atoms with Gasteiger partial charge in [-0.25, -0.2) is 0 Å². The quantitative estimate of drug-likeness (QED) is 0.414. The third-order valence-electron chi connectivity index (χ3n) is 12.7. The van der Waals surface area contributed by atoms with E-state index in [1.807, 2.05) is 19.9 Å². The van der Waals surface area contributed by atoms with Crippen molar-refractivity contribution in [2.45, 2.75) is 92.9 Å². The van der Waals surface area contributed by atoms with Crippen LogP contribution in [0.2, 0.25) is 0 Å². The molecule has 0 N–H and O–H groups in total. The number of Topliss-reactive ketones (excluding diaryl/α,β-unsaturated/α-hetero) is 1. The topological polar surface area (TPSA) is 84.2 Å². The van der Waals surface area contributed by atoms with Crippen molar-refractivity contribution in [3.63, 3.8) is 0 Å². The van der Waals surface area contributed by atoms with Crippen molar-refractivity contribution >= 4 is 17.5 Å². The van der Waals surface area contributed by atoms with Crippen molar-refractivity contribution in [3.8, 4) is 6.07 Å². The molecule has 5 rings (SSSR count). The first-order valence-electron chi connectivity index (χ1n) is 14.0. The Kier molecular flexibility index (Phi) is 5.55. The van der Waals surface area contributed by atoms with E-state index >= 15 is 0 Å². The van der Waals surface area contributed by atoms with E-state index in [0.29, 0.717) is 6.42 Å². The smallest absolute Gasteiger partial charge is 0.308 e. The number of ketones is 2. The molecule has 0 radical (unpaired) electrons. The van der Waals surface area contributed by atoms with Crippen molar-refractivity contribution < 1.29 is 19.1 Å². The lowest BCUT2D eigenvalue weighted by molar-refractivity contribution is -0.190. The average molecular weight is 494 g/mol. The van der Waals surface area contributed by atoms with Crippen LogP contribution in [0.25, 0.3) is 0 Å². The predicted octanol–water partition coefficient (Wildman–Crippen LogP) is 6.07. The Balaban J connectivity index is 1.62. The number of esters is 1. The predicted molar refractivity (Wildman–Crippen MR) is 136 cm³/mol. The normalized spacial score (nSPS) is 49.4. The van der Waals surface area contributed by atoms with Crippen LogP contribution in [0.15, 0.2) is 11.6 Å². The molecular weight excluding hydrogens is 450 g/mol. The Bertz CT molecular complexity index is 1100. The van der Waals surface area contributed by atoms with Crippen molar-refractivity contribution in [2.24, 2.45) is 56.7 Å². The van der Waals surface area contributed by atoms with Crippen LogP contribution in [-0.4, -0.2) is 24.6 Å². The summed E-state index contributed by atoms with van der Waals surface area (Å²) in [4.78, 5) is 40.1. The second kappa shape index (κ2) is 7.78. The van der Waals surface area contributed by atoms with Crippen LogP contribution in [0.5, 0.6) is 0 Å². The van der Waals surface area contributed by atoms with E-state index in [4.69, 9.17) is 4.74 Å². The number of nitrogens with zero attached hydrogens (tertiary/aromatic N) is 1. The molecule has 5 heteroatoms. The van der Waals surface area contributed by atoms with Crippen LogP contribution in [-0.2, 0) is 19.1 Å². The summed E-state index contributed by atoms with van der Waals surface area (Å²) < 4.78 is 5.13. The van der Waals surface area contributed by atoms with Gasteiger partial charge in [0, 0.05) is 11.3 Å². The maximum Gasteiger partial charge on any atom is 0.308 e. The molecule has 0 amide bonds. The Morgan fingerprint density at radius 3 is 2.36 bits per heavy atom. The van der Waals surface area contributed by atoms with E-state index in [0.717, 1.165) is 44.9 Å². The molecule has 0 aromatic rings. The summed E-state index contributed by atoms with van der Waals surface area (Å²) >= 11 is 0. The van der Waals surface area contributed by atoms with Crippen LogP contribution in [0.3, 0.4) is 0 Å². The van der Waals surface area contributed by atoms with Crippen LogP contribution >= 0.6 is 0 Å². The number of ether oxygens (including phenoxy) is 1. The number of carbonyl (C=O) groups excluding carboxylic acids is 3. The highest BCUT2D eigenvalue weighted by molar-refractivity contribution is 5.97. The minimum atomic E-state index is -0.650. The molecule has 2 unspecified atom stereocenters. The van der Waals surface area contributed by atoms with Crippen LogP contribution in [0, 0.1) is 68.0 Å². The van der Waals surface area contributed by atoms with Gasteiger partial charge in [-0.3, -0.25) is 14.4 Å². The minimum absolute atomic E-state index is 0.0475. The lowest BCUT2D eigenvalue weighted by Gasteiger charge is -2.69. The molecule has 4 fully saturated rings. The zero-order valence-electron chi connectivity index (χ0n) is 23.2. The number of allylic oxidation sites excluding steroid dienone is 2. The molecule has 9 atom stereocenters. The molecule has 0 spiro atoms. The van der Waals surface area contributed by atoms with E-state index in [1.54, 1.807) is 0 Å². The molecule has 0 heterocycles. The molecule has 5 aliphatic carbocycles. The third-order valence-corrected chi connectivity index (χ3v) is 12.7. The summed E-state index contributed by atoms with van der Waals surface area (Å²) in [7, 11) is 1.47. The highest BCUT2D eigenvalue weighted by atomic mass is 16.5. The fourth-order valence-corrected chi connectivity index (χ4v) is 10.5. The lowest BCUT2D eigenvalue weighted by atomic mass is 9.33. The van der Waals surface area contributed by atoms with E-state index in [9.17, 15) is 19.6 Å². The summed E-state index contributed by atoms with van der Waals surface area (Å²) in [5, 5.41) is 9.90. The Morgan fingerprint density at radius 2 is 1.72 bits per heavy atom. The molecule has 0 aromatic heterocycles. The van der Waals surface area contributed by atoms with E-state index in [1.165, 1.54) is 12.7 Å². The van der Waals surface area contributed by atoms with Gasteiger partial charge in [-0.1, -0.05) is 47.1 Å². The highest BCUT2D eigenvalue weighted by Crippen LogP contribution is 2.74. The zero-order valence-corrected chi connectivity index (χ0v) is 23.2. The zero-order chi connectivity index (χ0) is 26.5. The van der Waals surface area contributed by atoms with Crippen molar-refractivity contribution in [1.29, 1.82) is 5.26 Å². The summed E-state index contributed by atoms with van der Waals surface area (Å²) in [6.07, 6.45) is 9.02. The van der Waals surface area contributed by atoms with Gasteiger partial charge < -0.3 is 4.74 Å². The molecule has 5 nitrogen and oxygen atoms in total. The number of nitriles is 1. The molecule has 0 aromatic carbocycles. The highest BCUT2D eigenvalue weighted by Gasteiger charge is 2.71. The first-order chi connectivity index (χ1) is 16.7. The van der Waals surface area contributed by atoms with E-state index < -0.39 is 16.7 Å². The molecule has 0 bridgehead atoms. The molecule has 5 aliphatic rings. The molecular formula is C31H43NO4. The number of methoxy groups -OCH3 is 1. The van der Waals surface area contributed by atoms with Gasteiger partial charge in [0.1, 0.15) is 5.92 Å². The van der Waals surface area contributed by atoms with Gasteiger partial charge in [0.05, 0.1) is 19.1 Å². The maximum absolute atomic E-state index is 14.3. The standard InChI is InChI=1S/C31H43NO4/c1-27(2)23-9-11-31(6)24(29(23,4)16-19(17-32)25(27)34)22(33)15-21-20-14-18(26(35)36-7)8-10-28(20,3)12-13-30(21,31)5/h15,18-20,23-24H,8-14,16H2,1-7H3/t18-,19?,20-,23-,24?,28+,29-,30+,31+/m0/s1. The summed E-state index contributed by atoms with van der Waals surface area (Å²) in [6, 6.07) is 2.30. The van der Waals surface area contributed by atoms with Gasteiger partial charge in [-0.2, -0.15) is 5.26 Å². The number of carbonyl (C=O) groups is 3. The second-order valence-corrected chi connectivity index (χ2v) is 14.5. The first kappa shape index (κ1) is 25.7.